The number of hydrogen-bond acceptors (Lipinski definition) is 3. The number of aliphatic hydroxyl groups is 1. The molecule has 0 aromatic heterocycles. The van der Waals surface area contributed by atoms with Crippen molar-refractivity contribution in [2.45, 2.75) is 44.2 Å². The number of rotatable bonds is 3. The Hall–Kier alpha value is -1.39. The molecular formula is C20H28N2O2. The number of fused-ring (bicyclic) bond motifs is 1. The molecule has 3 heterocycles. The van der Waals surface area contributed by atoms with E-state index < -0.39 is 0 Å². The van der Waals surface area contributed by atoms with Gasteiger partial charge in [-0.2, -0.15) is 0 Å². The first kappa shape index (κ1) is 16.1. The van der Waals surface area contributed by atoms with Gasteiger partial charge in [0.2, 0.25) is 5.91 Å². The molecule has 130 valence electrons. The van der Waals surface area contributed by atoms with E-state index in [1.54, 1.807) is 0 Å². The first-order valence-corrected chi connectivity index (χ1v) is 9.48. The topological polar surface area (TPSA) is 43.8 Å². The summed E-state index contributed by atoms with van der Waals surface area (Å²) in [6, 6.07) is 11.5. The molecule has 3 aliphatic heterocycles. The van der Waals surface area contributed by atoms with Crippen molar-refractivity contribution in [1.29, 1.82) is 0 Å². The average Bonchev–Trinajstić information content (AvgIpc) is 3.24. The lowest BCUT2D eigenvalue weighted by molar-refractivity contribution is -0.137. The Bertz CT molecular complexity index is 568. The van der Waals surface area contributed by atoms with E-state index in [1.165, 1.54) is 12.0 Å². The number of carbonyl (C=O) groups excluding carboxylic acids is 1. The van der Waals surface area contributed by atoms with Gasteiger partial charge in [0.1, 0.15) is 0 Å². The number of aliphatic hydroxyl groups excluding tert-OH is 1. The summed E-state index contributed by atoms with van der Waals surface area (Å²) in [7, 11) is 0. The highest BCUT2D eigenvalue weighted by molar-refractivity contribution is 5.80. The first-order valence-electron chi connectivity index (χ1n) is 9.48. The average molecular weight is 328 g/mol. The van der Waals surface area contributed by atoms with Crippen molar-refractivity contribution >= 4 is 5.91 Å². The van der Waals surface area contributed by atoms with Gasteiger partial charge in [-0.1, -0.05) is 30.3 Å². The molecule has 3 aliphatic rings. The highest BCUT2D eigenvalue weighted by Gasteiger charge is 2.48. The Labute approximate surface area is 144 Å². The van der Waals surface area contributed by atoms with Crippen LogP contribution in [0.2, 0.25) is 0 Å². The molecule has 3 atom stereocenters. The van der Waals surface area contributed by atoms with Gasteiger partial charge in [0.05, 0.1) is 5.92 Å². The fraction of sp³-hybridized carbons (Fsp3) is 0.650. The summed E-state index contributed by atoms with van der Waals surface area (Å²) in [4.78, 5) is 17.8. The second-order valence-electron chi connectivity index (χ2n) is 7.67. The van der Waals surface area contributed by atoms with Crippen LogP contribution in [0.25, 0.3) is 0 Å². The molecular weight excluding hydrogens is 300 g/mol. The summed E-state index contributed by atoms with van der Waals surface area (Å²) >= 11 is 0. The van der Waals surface area contributed by atoms with Gasteiger partial charge in [0.15, 0.2) is 0 Å². The minimum atomic E-state index is 0.156. The van der Waals surface area contributed by atoms with E-state index in [1.807, 2.05) is 0 Å². The van der Waals surface area contributed by atoms with Crippen LogP contribution in [0.5, 0.6) is 0 Å². The number of amides is 1. The molecule has 0 spiro atoms. The van der Waals surface area contributed by atoms with Gasteiger partial charge in [-0.15, -0.1) is 0 Å². The van der Waals surface area contributed by atoms with Crippen molar-refractivity contribution in [3.63, 3.8) is 0 Å². The summed E-state index contributed by atoms with van der Waals surface area (Å²) in [6.07, 6.45) is 5.24. The van der Waals surface area contributed by atoms with Gasteiger partial charge in [-0.25, -0.2) is 0 Å². The molecule has 3 saturated heterocycles. The normalized spacial score (nSPS) is 31.4. The standard InChI is InChI=1S/C20H28N2O2/c23-14-15-8-11-21(12-9-15)20(24)17-13-19(16-5-2-1-3-6-16)22-10-4-7-18(17)22/h1-3,5-6,15,17-19,23H,4,7-14H2/t17-,18+,19-/m0/s1. The molecule has 0 bridgehead atoms. The second kappa shape index (κ2) is 6.85. The Morgan fingerprint density at radius 1 is 1.08 bits per heavy atom. The SMILES string of the molecule is O=C([C@H]1C[C@@H](c2ccccc2)N2CCC[C@H]12)N1CCC(CO)CC1. The van der Waals surface area contributed by atoms with Gasteiger partial charge < -0.3 is 10.0 Å². The maximum Gasteiger partial charge on any atom is 0.227 e. The maximum absolute atomic E-state index is 13.2. The zero-order valence-electron chi connectivity index (χ0n) is 14.3. The lowest BCUT2D eigenvalue weighted by Crippen LogP contribution is -2.44. The van der Waals surface area contributed by atoms with E-state index in [0.29, 0.717) is 23.9 Å². The third-order valence-corrected chi connectivity index (χ3v) is 6.37. The first-order chi connectivity index (χ1) is 11.8. The smallest absolute Gasteiger partial charge is 0.227 e. The Morgan fingerprint density at radius 3 is 2.54 bits per heavy atom. The molecule has 1 aromatic carbocycles. The van der Waals surface area contributed by atoms with E-state index in [-0.39, 0.29) is 12.5 Å². The van der Waals surface area contributed by atoms with Gasteiger partial charge in [-0.05, 0) is 50.1 Å². The van der Waals surface area contributed by atoms with Crippen LogP contribution in [0.3, 0.4) is 0 Å². The zero-order valence-corrected chi connectivity index (χ0v) is 14.3. The molecule has 24 heavy (non-hydrogen) atoms. The molecule has 4 rings (SSSR count). The molecule has 0 radical (unpaired) electrons. The summed E-state index contributed by atoms with van der Waals surface area (Å²) in [5.74, 6) is 0.905. The molecule has 4 nitrogen and oxygen atoms in total. The van der Waals surface area contributed by atoms with Crippen LogP contribution >= 0.6 is 0 Å². The zero-order chi connectivity index (χ0) is 16.5. The van der Waals surface area contributed by atoms with Crippen LogP contribution in [0.1, 0.15) is 43.7 Å². The van der Waals surface area contributed by atoms with Crippen molar-refractivity contribution in [3.8, 4) is 0 Å². The molecule has 4 heteroatoms. The van der Waals surface area contributed by atoms with Crippen LogP contribution in [-0.4, -0.2) is 53.1 Å². The van der Waals surface area contributed by atoms with Crippen LogP contribution in [0.4, 0.5) is 0 Å². The molecule has 1 aromatic rings. The number of carbonyl (C=O) groups is 1. The maximum atomic E-state index is 13.2. The summed E-state index contributed by atoms with van der Waals surface area (Å²) < 4.78 is 0. The molecule has 1 N–H and O–H groups in total. The van der Waals surface area contributed by atoms with Gasteiger partial charge >= 0.3 is 0 Å². The minimum Gasteiger partial charge on any atom is -0.396 e. The Balaban J connectivity index is 1.48. The summed E-state index contributed by atoms with van der Waals surface area (Å²) in [5, 5.41) is 9.30. The van der Waals surface area contributed by atoms with Crippen molar-refractivity contribution in [1.82, 2.24) is 9.80 Å². The number of likely N-dealkylation sites (tertiary alicyclic amines) is 1. The van der Waals surface area contributed by atoms with E-state index in [0.717, 1.165) is 45.3 Å². The van der Waals surface area contributed by atoms with Gasteiger partial charge in [0, 0.05) is 31.8 Å². The summed E-state index contributed by atoms with van der Waals surface area (Å²) in [5.41, 5.74) is 1.36. The predicted molar refractivity (Wildman–Crippen MR) is 93.4 cm³/mol. The van der Waals surface area contributed by atoms with Crippen LogP contribution in [-0.2, 0) is 4.79 Å². The number of piperidine rings is 1. The quantitative estimate of drug-likeness (QED) is 0.927. The Kier molecular flexibility index (Phi) is 4.59. The largest absolute Gasteiger partial charge is 0.396 e. The van der Waals surface area contributed by atoms with Crippen molar-refractivity contribution in [3.05, 3.63) is 35.9 Å². The third-order valence-electron chi connectivity index (χ3n) is 6.37. The van der Waals surface area contributed by atoms with Gasteiger partial charge in [-0.3, -0.25) is 9.69 Å². The molecule has 1 amide bonds. The Morgan fingerprint density at radius 2 is 1.83 bits per heavy atom. The lowest BCUT2D eigenvalue weighted by atomic mass is 9.91. The highest BCUT2D eigenvalue weighted by Crippen LogP contribution is 2.45. The predicted octanol–water partition coefficient (Wildman–Crippen LogP) is 2.44. The molecule has 3 fully saturated rings. The van der Waals surface area contributed by atoms with Crippen molar-refractivity contribution in [2.75, 3.05) is 26.2 Å². The van der Waals surface area contributed by atoms with Crippen molar-refractivity contribution in [2.24, 2.45) is 11.8 Å². The lowest BCUT2D eigenvalue weighted by Gasteiger charge is -2.34. The van der Waals surface area contributed by atoms with Crippen LogP contribution in [0, 0.1) is 11.8 Å². The van der Waals surface area contributed by atoms with Crippen LogP contribution in [0.15, 0.2) is 30.3 Å². The van der Waals surface area contributed by atoms with E-state index in [4.69, 9.17) is 0 Å². The van der Waals surface area contributed by atoms with E-state index >= 15 is 0 Å². The molecule has 0 aliphatic carbocycles. The fourth-order valence-corrected chi connectivity index (χ4v) is 5.01. The molecule has 0 saturated carbocycles. The third kappa shape index (κ3) is 2.86. The summed E-state index contributed by atoms with van der Waals surface area (Å²) in [6.45, 7) is 3.03. The van der Waals surface area contributed by atoms with Crippen molar-refractivity contribution < 1.29 is 9.90 Å². The monoisotopic (exact) mass is 328 g/mol. The fourth-order valence-electron chi connectivity index (χ4n) is 5.01. The van der Waals surface area contributed by atoms with E-state index in [9.17, 15) is 9.90 Å². The second-order valence-corrected chi connectivity index (χ2v) is 7.67. The number of hydrogen-bond donors (Lipinski definition) is 1. The minimum absolute atomic E-state index is 0.156. The van der Waals surface area contributed by atoms with E-state index in [2.05, 4.69) is 40.1 Å². The molecule has 0 unspecified atom stereocenters. The number of nitrogens with zero attached hydrogens (tertiary/aromatic N) is 2. The highest BCUT2D eigenvalue weighted by atomic mass is 16.3. The number of benzene rings is 1. The van der Waals surface area contributed by atoms with Gasteiger partial charge in [0.25, 0.3) is 0 Å². The van der Waals surface area contributed by atoms with Crippen LogP contribution < -0.4 is 0 Å².